The molecule has 1 saturated carbocycles. The molecule has 4 nitrogen and oxygen atoms in total. The number of hydrogen-bond acceptors (Lipinski definition) is 3. The third-order valence-corrected chi connectivity index (χ3v) is 3.41. The Balaban J connectivity index is 1.71. The Labute approximate surface area is 107 Å². The van der Waals surface area contributed by atoms with Crippen LogP contribution in [0.15, 0.2) is 24.4 Å². The van der Waals surface area contributed by atoms with Gasteiger partial charge < -0.3 is 10.4 Å². The van der Waals surface area contributed by atoms with Gasteiger partial charge in [-0.3, -0.25) is 9.78 Å². The van der Waals surface area contributed by atoms with Crippen molar-refractivity contribution in [3.63, 3.8) is 0 Å². The fourth-order valence-electron chi connectivity index (χ4n) is 2.44. The number of carbonyl (C=O) groups excluding carboxylic acids is 1. The molecule has 18 heavy (non-hydrogen) atoms. The topological polar surface area (TPSA) is 62.2 Å². The summed E-state index contributed by atoms with van der Waals surface area (Å²) in [5, 5.41) is 12.5. The number of aliphatic hydroxyl groups is 1. The van der Waals surface area contributed by atoms with Crippen molar-refractivity contribution in [3.05, 3.63) is 30.1 Å². The summed E-state index contributed by atoms with van der Waals surface area (Å²) in [5.74, 6) is 0.426. The Kier molecular flexibility index (Phi) is 4.70. The molecular formula is C14H20N2O2. The number of rotatable bonds is 4. The highest BCUT2D eigenvalue weighted by molar-refractivity contribution is 5.78. The maximum absolute atomic E-state index is 11.7. The van der Waals surface area contributed by atoms with Gasteiger partial charge in [0.25, 0.3) is 0 Å². The molecule has 1 aromatic heterocycles. The molecule has 2 N–H and O–H groups in total. The molecular weight excluding hydrogens is 228 g/mol. The van der Waals surface area contributed by atoms with Gasteiger partial charge in [0.15, 0.2) is 0 Å². The summed E-state index contributed by atoms with van der Waals surface area (Å²) in [7, 11) is 0. The second kappa shape index (κ2) is 6.50. The van der Waals surface area contributed by atoms with Gasteiger partial charge in [0.2, 0.25) is 5.91 Å². The van der Waals surface area contributed by atoms with E-state index in [0.29, 0.717) is 18.9 Å². The maximum Gasteiger partial charge on any atom is 0.226 e. The highest BCUT2D eigenvalue weighted by Crippen LogP contribution is 2.23. The Morgan fingerprint density at radius 1 is 1.44 bits per heavy atom. The molecule has 2 atom stereocenters. The first-order chi connectivity index (χ1) is 8.74. The van der Waals surface area contributed by atoms with Gasteiger partial charge in [-0.1, -0.05) is 12.5 Å². The van der Waals surface area contributed by atoms with Crippen LogP contribution in [0.2, 0.25) is 0 Å². The normalized spacial score (nSPS) is 23.6. The van der Waals surface area contributed by atoms with E-state index in [9.17, 15) is 9.90 Å². The van der Waals surface area contributed by atoms with Crippen molar-refractivity contribution >= 4 is 5.91 Å². The van der Waals surface area contributed by atoms with Crippen LogP contribution in [0, 0.1) is 5.92 Å². The van der Waals surface area contributed by atoms with E-state index in [4.69, 9.17) is 0 Å². The van der Waals surface area contributed by atoms with E-state index >= 15 is 0 Å². The molecule has 1 heterocycles. The number of carbonyl (C=O) groups is 1. The Morgan fingerprint density at radius 2 is 2.33 bits per heavy atom. The predicted molar refractivity (Wildman–Crippen MR) is 68.9 cm³/mol. The summed E-state index contributed by atoms with van der Waals surface area (Å²) in [5.41, 5.74) is 0.790. The van der Waals surface area contributed by atoms with Crippen LogP contribution in [0.25, 0.3) is 0 Å². The number of aliphatic hydroxyl groups excluding tert-OH is 1. The molecule has 0 bridgehead atoms. The second-order valence-corrected chi connectivity index (χ2v) is 4.99. The molecule has 0 aliphatic heterocycles. The fraction of sp³-hybridized carbons (Fsp3) is 0.571. The molecule has 0 radical (unpaired) electrons. The molecule has 1 amide bonds. The van der Waals surface area contributed by atoms with Gasteiger partial charge in [0, 0.05) is 18.4 Å². The van der Waals surface area contributed by atoms with Crippen LogP contribution in [0.1, 0.15) is 31.4 Å². The van der Waals surface area contributed by atoms with E-state index in [1.54, 1.807) is 6.20 Å². The summed E-state index contributed by atoms with van der Waals surface area (Å²) in [6.07, 6.45) is 5.71. The zero-order valence-electron chi connectivity index (χ0n) is 10.5. The Bertz CT molecular complexity index is 381. The average Bonchev–Trinajstić information content (AvgIpc) is 2.38. The van der Waals surface area contributed by atoms with Gasteiger partial charge in [0.05, 0.1) is 12.5 Å². The van der Waals surface area contributed by atoms with Crippen LogP contribution in [0.5, 0.6) is 0 Å². The van der Waals surface area contributed by atoms with Crippen LogP contribution in [0.3, 0.4) is 0 Å². The third kappa shape index (κ3) is 4.11. The quantitative estimate of drug-likeness (QED) is 0.844. The van der Waals surface area contributed by atoms with Gasteiger partial charge in [-0.25, -0.2) is 0 Å². The summed E-state index contributed by atoms with van der Waals surface area (Å²) in [6, 6.07) is 5.57. The first-order valence-electron chi connectivity index (χ1n) is 6.58. The van der Waals surface area contributed by atoms with Crippen LogP contribution in [-0.2, 0) is 11.2 Å². The van der Waals surface area contributed by atoms with Gasteiger partial charge in [-0.15, -0.1) is 0 Å². The first-order valence-corrected chi connectivity index (χ1v) is 6.58. The van der Waals surface area contributed by atoms with E-state index in [0.717, 1.165) is 31.4 Å². The number of amides is 1. The highest BCUT2D eigenvalue weighted by Gasteiger charge is 2.20. The maximum atomic E-state index is 11.7. The molecule has 1 aliphatic carbocycles. The molecule has 1 fully saturated rings. The molecule has 1 aromatic rings. The molecule has 2 unspecified atom stereocenters. The molecule has 1 aliphatic rings. The van der Waals surface area contributed by atoms with E-state index in [1.807, 2.05) is 18.2 Å². The Morgan fingerprint density at radius 3 is 3.06 bits per heavy atom. The van der Waals surface area contributed by atoms with Gasteiger partial charge in [-0.2, -0.15) is 0 Å². The second-order valence-electron chi connectivity index (χ2n) is 4.99. The van der Waals surface area contributed by atoms with Crippen LogP contribution in [-0.4, -0.2) is 28.6 Å². The van der Waals surface area contributed by atoms with Crippen LogP contribution in [0.4, 0.5) is 0 Å². The van der Waals surface area contributed by atoms with Crippen LogP contribution < -0.4 is 5.32 Å². The zero-order chi connectivity index (χ0) is 12.8. The van der Waals surface area contributed by atoms with Crippen molar-refractivity contribution in [2.75, 3.05) is 6.54 Å². The monoisotopic (exact) mass is 248 g/mol. The van der Waals surface area contributed by atoms with Crippen molar-refractivity contribution in [3.8, 4) is 0 Å². The number of nitrogens with zero attached hydrogens (tertiary/aromatic N) is 1. The van der Waals surface area contributed by atoms with Crippen LogP contribution >= 0.6 is 0 Å². The van der Waals surface area contributed by atoms with E-state index in [2.05, 4.69) is 10.3 Å². The summed E-state index contributed by atoms with van der Waals surface area (Å²) >= 11 is 0. The summed E-state index contributed by atoms with van der Waals surface area (Å²) in [6.45, 7) is 0.669. The molecule has 0 aromatic carbocycles. The minimum absolute atomic E-state index is 0.00811. The third-order valence-electron chi connectivity index (χ3n) is 3.41. The lowest BCUT2D eigenvalue weighted by Gasteiger charge is -2.25. The van der Waals surface area contributed by atoms with Crippen molar-refractivity contribution < 1.29 is 9.90 Å². The standard InChI is InChI=1S/C14H20N2O2/c17-13-6-3-4-11(8-13)10-16-14(18)9-12-5-1-2-7-15-12/h1-2,5,7,11,13,17H,3-4,6,8-10H2,(H,16,18). The number of aromatic nitrogens is 1. The van der Waals surface area contributed by atoms with Gasteiger partial charge in [-0.05, 0) is 37.3 Å². The lowest BCUT2D eigenvalue weighted by molar-refractivity contribution is -0.120. The molecule has 0 saturated heterocycles. The average molecular weight is 248 g/mol. The smallest absolute Gasteiger partial charge is 0.226 e. The summed E-state index contributed by atoms with van der Waals surface area (Å²) in [4.78, 5) is 15.8. The van der Waals surface area contributed by atoms with E-state index < -0.39 is 0 Å². The minimum Gasteiger partial charge on any atom is -0.393 e. The molecule has 98 valence electrons. The number of pyridine rings is 1. The van der Waals surface area contributed by atoms with Crippen molar-refractivity contribution in [1.29, 1.82) is 0 Å². The van der Waals surface area contributed by atoms with E-state index in [-0.39, 0.29) is 12.0 Å². The molecule has 4 heteroatoms. The zero-order valence-corrected chi connectivity index (χ0v) is 10.5. The minimum atomic E-state index is -0.184. The van der Waals surface area contributed by atoms with Crippen molar-refractivity contribution in [2.45, 2.75) is 38.2 Å². The number of hydrogen-bond donors (Lipinski definition) is 2. The largest absolute Gasteiger partial charge is 0.393 e. The highest BCUT2D eigenvalue weighted by atomic mass is 16.3. The fourth-order valence-corrected chi connectivity index (χ4v) is 2.44. The van der Waals surface area contributed by atoms with Crippen molar-refractivity contribution in [2.24, 2.45) is 5.92 Å². The summed E-state index contributed by atoms with van der Waals surface area (Å²) < 4.78 is 0. The Hall–Kier alpha value is -1.42. The molecule has 0 spiro atoms. The lowest BCUT2D eigenvalue weighted by atomic mass is 9.87. The molecule has 2 rings (SSSR count). The lowest BCUT2D eigenvalue weighted by Crippen LogP contribution is -2.33. The van der Waals surface area contributed by atoms with E-state index in [1.165, 1.54) is 0 Å². The van der Waals surface area contributed by atoms with Gasteiger partial charge >= 0.3 is 0 Å². The first kappa shape index (κ1) is 13.0. The number of nitrogens with one attached hydrogen (secondary N) is 1. The SMILES string of the molecule is O=C(Cc1ccccn1)NCC1CCCC(O)C1. The predicted octanol–water partition coefficient (Wildman–Crippen LogP) is 1.29. The van der Waals surface area contributed by atoms with Crippen molar-refractivity contribution in [1.82, 2.24) is 10.3 Å². The van der Waals surface area contributed by atoms with Gasteiger partial charge in [0.1, 0.15) is 0 Å².